The predicted molar refractivity (Wildman–Crippen MR) is 91.3 cm³/mol. The lowest BCUT2D eigenvalue weighted by Gasteiger charge is -2.12. The van der Waals surface area contributed by atoms with Crippen LogP contribution < -0.4 is 10.6 Å². The molecule has 3 amide bonds. The van der Waals surface area contributed by atoms with Gasteiger partial charge in [-0.25, -0.2) is 4.79 Å². The minimum atomic E-state index is -0.620. The summed E-state index contributed by atoms with van der Waals surface area (Å²) in [6.45, 7) is 0.728. The Balaban J connectivity index is 2.22. The predicted octanol–water partition coefficient (Wildman–Crippen LogP) is 2.04. The van der Waals surface area contributed by atoms with Crippen LogP contribution in [-0.4, -0.2) is 47.4 Å². The van der Waals surface area contributed by atoms with Crippen LogP contribution in [0.25, 0.3) is 0 Å². The van der Waals surface area contributed by atoms with Crippen LogP contribution in [0.3, 0.4) is 0 Å². The largest absolute Gasteiger partial charge is 0.352 e. The number of hydrogen-bond acceptors (Lipinski definition) is 6. The summed E-state index contributed by atoms with van der Waals surface area (Å²) in [6.07, 6.45) is 1.18. The van der Waals surface area contributed by atoms with Gasteiger partial charge in [0, 0.05) is 36.7 Å². The maximum atomic E-state index is 11.8. The zero-order valence-electron chi connectivity index (χ0n) is 13.3. The summed E-state index contributed by atoms with van der Waals surface area (Å²) in [5.41, 5.74) is 0.244. The maximum absolute atomic E-state index is 11.8. The number of nitrogens with one attached hydrogen (secondary N) is 2. The van der Waals surface area contributed by atoms with Gasteiger partial charge in [-0.2, -0.15) is 5.01 Å². The SMILES string of the molecule is O=NN(CCCl)C(=O)NCCCCNC(=O)c1ccc([N+](=O)[O-])cc1. The minimum absolute atomic E-state index is 0.0299. The van der Waals surface area contributed by atoms with Crippen molar-refractivity contribution < 1.29 is 14.5 Å². The second-order valence-corrected chi connectivity index (χ2v) is 5.27. The molecule has 1 rings (SSSR count). The van der Waals surface area contributed by atoms with Gasteiger partial charge in [-0.3, -0.25) is 14.9 Å². The van der Waals surface area contributed by atoms with E-state index in [9.17, 15) is 24.6 Å². The summed E-state index contributed by atoms with van der Waals surface area (Å²) < 4.78 is 0. The van der Waals surface area contributed by atoms with Gasteiger partial charge in [0.15, 0.2) is 0 Å². The molecule has 0 radical (unpaired) electrons. The molecule has 0 unspecified atom stereocenters. The molecule has 1 aromatic carbocycles. The highest BCUT2D eigenvalue weighted by Crippen LogP contribution is 2.11. The highest BCUT2D eigenvalue weighted by atomic mass is 35.5. The second-order valence-electron chi connectivity index (χ2n) is 4.89. The van der Waals surface area contributed by atoms with E-state index >= 15 is 0 Å². The van der Waals surface area contributed by atoms with Gasteiger partial charge in [0.25, 0.3) is 11.6 Å². The monoisotopic (exact) mass is 371 g/mol. The highest BCUT2D eigenvalue weighted by Gasteiger charge is 2.12. The summed E-state index contributed by atoms with van der Waals surface area (Å²) >= 11 is 5.43. The molecule has 0 spiro atoms. The summed E-state index contributed by atoms with van der Waals surface area (Å²) in [4.78, 5) is 43.8. The molecule has 0 atom stereocenters. The first-order valence-electron chi connectivity index (χ1n) is 7.47. The number of nitro benzene ring substituents is 1. The van der Waals surface area contributed by atoms with E-state index in [1.807, 2.05) is 0 Å². The summed E-state index contributed by atoms with van der Waals surface area (Å²) in [5, 5.41) is 19.0. The van der Waals surface area contributed by atoms with Crippen molar-refractivity contribution in [2.45, 2.75) is 12.8 Å². The van der Waals surface area contributed by atoms with Crippen LogP contribution in [0.1, 0.15) is 23.2 Å². The van der Waals surface area contributed by atoms with Gasteiger partial charge in [0.2, 0.25) is 0 Å². The smallest absolute Gasteiger partial charge is 0.340 e. The van der Waals surface area contributed by atoms with E-state index in [2.05, 4.69) is 15.9 Å². The fourth-order valence-electron chi connectivity index (χ4n) is 1.83. The normalized spacial score (nSPS) is 9.96. The Morgan fingerprint density at radius 1 is 1.16 bits per heavy atom. The Hall–Kier alpha value is -2.75. The topological polar surface area (TPSA) is 134 Å². The van der Waals surface area contributed by atoms with Gasteiger partial charge in [-0.1, -0.05) is 0 Å². The number of alkyl halides is 1. The third kappa shape index (κ3) is 7.12. The average Bonchev–Trinajstić information content (AvgIpc) is 2.62. The quantitative estimate of drug-likeness (QED) is 0.213. The first-order chi connectivity index (χ1) is 12.0. The molecule has 0 aliphatic rings. The zero-order valence-corrected chi connectivity index (χ0v) is 14.1. The van der Waals surface area contributed by atoms with Crippen molar-refractivity contribution in [3.63, 3.8) is 0 Å². The fraction of sp³-hybridized carbons (Fsp3) is 0.429. The molecule has 0 saturated carbocycles. The number of nitrogens with zero attached hydrogens (tertiary/aromatic N) is 3. The number of amides is 3. The van der Waals surface area contributed by atoms with E-state index in [1.54, 1.807) is 0 Å². The van der Waals surface area contributed by atoms with Crippen molar-refractivity contribution in [1.29, 1.82) is 0 Å². The van der Waals surface area contributed by atoms with Gasteiger partial charge >= 0.3 is 6.03 Å². The molecule has 11 heteroatoms. The number of nitro groups is 1. The zero-order chi connectivity index (χ0) is 18.7. The van der Waals surface area contributed by atoms with Crippen LogP contribution in [0.5, 0.6) is 0 Å². The molecule has 1 aromatic rings. The standard InChI is InChI=1S/C14H18ClN5O5/c15-7-10-19(18-23)14(22)17-9-2-1-8-16-13(21)11-3-5-12(6-4-11)20(24)25/h3-6H,1-2,7-10H2,(H,16,21)(H,17,22). The summed E-state index contributed by atoms with van der Waals surface area (Å²) in [7, 11) is 0. The van der Waals surface area contributed by atoms with E-state index in [0.717, 1.165) is 0 Å². The lowest BCUT2D eigenvalue weighted by atomic mass is 10.2. The molecule has 0 heterocycles. The molecule has 0 aliphatic heterocycles. The van der Waals surface area contributed by atoms with E-state index in [-0.39, 0.29) is 24.0 Å². The first-order valence-corrected chi connectivity index (χ1v) is 8.00. The van der Waals surface area contributed by atoms with Crippen LogP contribution in [0.4, 0.5) is 10.5 Å². The molecule has 0 bridgehead atoms. The van der Waals surface area contributed by atoms with Crippen molar-refractivity contribution in [3.05, 3.63) is 44.9 Å². The van der Waals surface area contributed by atoms with Gasteiger partial charge < -0.3 is 10.6 Å². The molecule has 0 saturated heterocycles. The summed E-state index contributed by atoms with van der Waals surface area (Å²) in [6, 6.07) is 4.67. The van der Waals surface area contributed by atoms with E-state index in [1.165, 1.54) is 24.3 Å². The van der Waals surface area contributed by atoms with Crippen molar-refractivity contribution in [3.8, 4) is 0 Å². The third-order valence-corrected chi connectivity index (χ3v) is 3.30. The van der Waals surface area contributed by atoms with Gasteiger partial charge in [-0.15, -0.1) is 16.5 Å². The van der Waals surface area contributed by atoms with Crippen LogP contribution in [-0.2, 0) is 0 Å². The number of non-ortho nitro benzene ring substituents is 1. The van der Waals surface area contributed by atoms with Crippen LogP contribution in [0.15, 0.2) is 29.6 Å². The molecular formula is C14H18ClN5O5. The van der Waals surface area contributed by atoms with Crippen LogP contribution >= 0.6 is 11.6 Å². The average molecular weight is 372 g/mol. The number of halogens is 1. The number of carbonyl (C=O) groups excluding carboxylic acids is 2. The van der Waals surface area contributed by atoms with Crippen molar-refractivity contribution in [1.82, 2.24) is 15.6 Å². The number of benzene rings is 1. The van der Waals surface area contributed by atoms with E-state index in [4.69, 9.17) is 11.6 Å². The summed E-state index contributed by atoms with van der Waals surface area (Å²) in [5.74, 6) is -0.231. The highest BCUT2D eigenvalue weighted by molar-refractivity contribution is 6.18. The Bertz CT molecular complexity index is 610. The van der Waals surface area contributed by atoms with Gasteiger partial charge in [-0.05, 0) is 25.0 Å². The Morgan fingerprint density at radius 2 is 1.76 bits per heavy atom. The number of nitroso groups, excluding NO2 is 1. The van der Waals surface area contributed by atoms with Gasteiger partial charge in [0.05, 0.1) is 16.8 Å². The molecule has 136 valence electrons. The van der Waals surface area contributed by atoms with Crippen molar-refractivity contribution in [2.75, 3.05) is 25.5 Å². The Morgan fingerprint density at radius 3 is 2.28 bits per heavy atom. The van der Waals surface area contributed by atoms with Crippen molar-refractivity contribution in [2.24, 2.45) is 5.29 Å². The number of urea groups is 1. The second kappa shape index (κ2) is 10.9. The Kier molecular flexibility index (Phi) is 8.86. The third-order valence-electron chi connectivity index (χ3n) is 3.13. The minimum Gasteiger partial charge on any atom is -0.352 e. The van der Waals surface area contributed by atoms with E-state index < -0.39 is 11.0 Å². The molecule has 10 nitrogen and oxygen atoms in total. The molecular weight excluding hydrogens is 354 g/mol. The van der Waals surface area contributed by atoms with E-state index in [0.29, 0.717) is 36.5 Å². The number of unbranched alkanes of at least 4 members (excludes halogenated alkanes) is 1. The lowest BCUT2D eigenvalue weighted by molar-refractivity contribution is -0.384. The van der Waals surface area contributed by atoms with Crippen molar-refractivity contribution >= 4 is 29.2 Å². The molecule has 0 aromatic heterocycles. The van der Waals surface area contributed by atoms with Crippen LogP contribution in [0.2, 0.25) is 0 Å². The number of hydrogen-bond donors (Lipinski definition) is 2. The van der Waals surface area contributed by atoms with Crippen LogP contribution in [0, 0.1) is 15.0 Å². The molecule has 25 heavy (non-hydrogen) atoms. The number of rotatable bonds is 10. The maximum Gasteiger partial charge on any atom is 0.340 e. The molecule has 0 fully saturated rings. The lowest BCUT2D eigenvalue weighted by Crippen LogP contribution is -2.38. The Labute approximate surface area is 148 Å². The fourth-order valence-corrected chi connectivity index (χ4v) is 1.99. The number of carbonyl (C=O) groups is 2. The molecule has 0 aliphatic carbocycles. The molecule has 2 N–H and O–H groups in total. The van der Waals surface area contributed by atoms with Gasteiger partial charge in [0.1, 0.15) is 0 Å². The first kappa shape index (κ1) is 20.3.